The van der Waals surface area contributed by atoms with Crippen molar-refractivity contribution in [2.24, 2.45) is 0 Å². The normalized spacial score (nSPS) is 10.8. The number of aromatic nitrogens is 6. The lowest BCUT2D eigenvalue weighted by atomic mass is 10.0. The number of methoxy groups -OCH3 is 1. The first-order valence-electron chi connectivity index (χ1n) is 9.25. The van der Waals surface area contributed by atoms with Crippen molar-refractivity contribution < 1.29 is 9.13 Å². The summed E-state index contributed by atoms with van der Waals surface area (Å²) in [5.74, 6) is 0.00794. The zero-order valence-electron chi connectivity index (χ0n) is 16.4. The highest BCUT2D eigenvalue weighted by Crippen LogP contribution is 2.37. The minimum Gasteiger partial charge on any atom is -0.467 e. The van der Waals surface area contributed by atoms with E-state index >= 15 is 0 Å². The molecule has 31 heavy (non-hydrogen) atoms. The molecule has 0 fully saturated rings. The third-order valence-electron chi connectivity index (χ3n) is 4.46. The highest BCUT2D eigenvalue weighted by atomic mass is 35.5. The molecule has 4 rings (SSSR count). The van der Waals surface area contributed by atoms with Crippen molar-refractivity contribution in [1.82, 2.24) is 29.9 Å². The second-order valence-corrected chi connectivity index (χ2v) is 6.90. The number of halogens is 2. The fraction of sp³-hybridized carbons (Fsp3) is 0.150. The Morgan fingerprint density at radius 1 is 1.16 bits per heavy atom. The van der Waals surface area contributed by atoms with Gasteiger partial charge in [-0.15, -0.1) is 0 Å². The summed E-state index contributed by atoms with van der Waals surface area (Å²) in [6, 6.07) is 4.56. The second kappa shape index (κ2) is 8.92. The van der Waals surface area contributed by atoms with Gasteiger partial charge in [-0.1, -0.05) is 11.6 Å². The van der Waals surface area contributed by atoms with Gasteiger partial charge in [0.25, 0.3) is 0 Å². The van der Waals surface area contributed by atoms with E-state index < -0.39 is 5.82 Å². The summed E-state index contributed by atoms with van der Waals surface area (Å²) < 4.78 is 18.8. The van der Waals surface area contributed by atoms with Crippen molar-refractivity contribution in [1.29, 1.82) is 0 Å². The van der Waals surface area contributed by atoms with Crippen molar-refractivity contribution in [2.75, 3.05) is 24.7 Å². The molecule has 3 heterocycles. The number of ether oxygens (including phenoxy) is 1. The van der Waals surface area contributed by atoms with Crippen LogP contribution < -0.4 is 15.8 Å². The summed E-state index contributed by atoms with van der Waals surface area (Å²) in [5.41, 5.74) is 9.22. The molecule has 158 valence electrons. The molecule has 0 saturated heterocycles. The smallest absolute Gasteiger partial charge is 0.316 e. The van der Waals surface area contributed by atoms with Crippen LogP contribution in [0.4, 0.5) is 16.2 Å². The zero-order chi connectivity index (χ0) is 21.8. The van der Waals surface area contributed by atoms with E-state index in [1.165, 1.54) is 19.2 Å². The first-order chi connectivity index (χ1) is 15.0. The molecule has 0 radical (unpaired) electrons. The Hall–Kier alpha value is -3.79. The van der Waals surface area contributed by atoms with E-state index in [-0.39, 0.29) is 17.0 Å². The number of imidazole rings is 1. The highest BCUT2D eigenvalue weighted by Gasteiger charge is 2.19. The van der Waals surface area contributed by atoms with Crippen LogP contribution in [0.25, 0.3) is 22.4 Å². The molecule has 4 N–H and O–H groups in total. The third kappa shape index (κ3) is 4.53. The maximum absolute atomic E-state index is 13.7. The quantitative estimate of drug-likeness (QED) is 0.399. The van der Waals surface area contributed by atoms with E-state index in [0.717, 1.165) is 5.69 Å². The Morgan fingerprint density at radius 3 is 2.65 bits per heavy atom. The lowest BCUT2D eigenvalue weighted by molar-refractivity contribution is 0.380. The molecule has 9 nitrogen and oxygen atoms in total. The number of hydrogen-bond acceptors (Lipinski definition) is 8. The summed E-state index contributed by atoms with van der Waals surface area (Å²) in [6.07, 6.45) is 7.24. The number of nitrogens with one attached hydrogen (secondary N) is 2. The van der Waals surface area contributed by atoms with E-state index in [9.17, 15) is 4.39 Å². The monoisotopic (exact) mass is 440 g/mol. The van der Waals surface area contributed by atoms with Gasteiger partial charge in [0.05, 0.1) is 29.7 Å². The maximum atomic E-state index is 13.7. The number of nitrogens with zero attached hydrogens (tertiary/aromatic N) is 5. The van der Waals surface area contributed by atoms with E-state index in [2.05, 4.69) is 35.2 Å². The Labute approximate surface area is 181 Å². The Bertz CT molecular complexity index is 1180. The molecule has 0 amide bonds. The Kier molecular flexibility index (Phi) is 5.89. The first-order valence-corrected chi connectivity index (χ1v) is 9.63. The standard InChI is InChI=1S/C20H18ClFN8O/c1-31-20-26-7-12(8-27-20)16-17(11-2-3-15(22)14(21)6-11)29-19(23)30-18(16)25-5-4-13-9-24-10-28-13/h2-3,6-10H,4-5H2,1H3,(H,24,28)(H3,23,25,29,30). The predicted octanol–water partition coefficient (Wildman–Crippen LogP) is 3.36. The van der Waals surface area contributed by atoms with Crippen LogP contribution in [0.2, 0.25) is 5.02 Å². The molecule has 0 unspecified atom stereocenters. The number of anilines is 2. The van der Waals surface area contributed by atoms with Gasteiger partial charge in [0.15, 0.2) is 0 Å². The van der Waals surface area contributed by atoms with E-state index in [1.807, 2.05) is 0 Å². The fourth-order valence-corrected chi connectivity index (χ4v) is 3.20. The van der Waals surface area contributed by atoms with Crippen molar-refractivity contribution in [3.63, 3.8) is 0 Å². The first kappa shape index (κ1) is 20.5. The molecule has 11 heteroatoms. The van der Waals surface area contributed by atoms with Crippen LogP contribution in [-0.2, 0) is 6.42 Å². The predicted molar refractivity (Wildman–Crippen MR) is 115 cm³/mol. The van der Waals surface area contributed by atoms with Gasteiger partial charge in [-0.2, -0.15) is 4.98 Å². The van der Waals surface area contributed by atoms with Crippen LogP contribution in [0.3, 0.4) is 0 Å². The number of rotatable bonds is 7. The molecular formula is C20H18ClFN8O. The van der Waals surface area contributed by atoms with Gasteiger partial charge in [-0.3, -0.25) is 0 Å². The number of nitrogens with two attached hydrogens (primary N) is 1. The van der Waals surface area contributed by atoms with Gasteiger partial charge >= 0.3 is 6.01 Å². The van der Waals surface area contributed by atoms with E-state index in [1.54, 1.807) is 31.0 Å². The third-order valence-corrected chi connectivity index (χ3v) is 4.75. The minimum atomic E-state index is -0.528. The molecule has 0 spiro atoms. The van der Waals surface area contributed by atoms with Crippen molar-refractivity contribution >= 4 is 23.4 Å². The average Bonchev–Trinajstić information content (AvgIpc) is 3.29. The Morgan fingerprint density at radius 2 is 1.97 bits per heavy atom. The summed E-state index contributed by atoms with van der Waals surface area (Å²) in [7, 11) is 1.48. The molecular weight excluding hydrogens is 423 g/mol. The van der Waals surface area contributed by atoms with Gasteiger partial charge in [-0.25, -0.2) is 24.3 Å². The molecule has 0 aliphatic heterocycles. The van der Waals surface area contributed by atoms with Gasteiger partial charge in [0.2, 0.25) is 5.95 Å². The lowest BCUT2D eigenvalue weighted by Gasteiger charge is -2.16. The van der Waals surface area contributed by atoms with Crippen LogP contribution in [0, 0.1) is 5.82 Å². The topological polar surface area (TPSA) is 128 Å². The highest BCUT2D eigenvalue weighted by molar-refractivity contribution is 6.31. The Balaban J connectivity index is 1.80. The summed E-state index contributed by atoms with van der Waals surface area (Å²) >= 11 is 6.01. The van der Waals surface area contributed by atoms with Crippen LogP contribution >= 0.6 is 11.6 Å². The van der Waals surface area contributed by atoms with Gasteiger partial charge < -0.3 is 20.8 Å². The van der Waals surface area contributed by atoms with E-state index in [4.69, 9.17) is 22.1 Å². The number of benzene rings is 1. The van der Waals surface area contributed by atoms with Crippen LogP contribution in [0.1, 0.15) is 5.69 Å². The SMILES string of the molecule is COc1ncc(-c2c(NCCc3cnc[nH]3)nc(N)nc2-c2ccc(F)c(Cl)c2)cn1. The molecule has 0 atom stereocenters. The minimum absolute atomic E-state index is 0.0274. The molecule has 4 aromatic rings. The molecule has 0 aliphatic rings. The van der Waals surface area contributed by atoms with Crippen molar-refractivity contribution in [3.05, 3.63) is 59.7 Å². The van der Waals surface area contributed by atoms with Crippen molar-refractivity contribution in [2.45, 2.75) is 6.42 Å². The second-order valence-electron chi connectivity index (χ2n) is 6.49. The largest absolute Gasteiger partial charge is 0.467 e. The number of aromatic amines is 1. The maximum Gasteiger partial charge on any atom is 0.316 e. The van der Waals surface area contributed by atoms with Crippen LogP contribution in [0.5, 0.6) is 6.01 Å². The summed E-state index contributed by atoms with van der Waals surface area (Å²) in [6.45, 7) is 0.548. The van der Waals surface area contributed by atoms with Gasteiger partial charge in [-0.05, 0) is 18.2 Å². The molecule has 1 aromatic carbocycles. The molecule has 3 aromatic heterocycles. The van der Waals surface area contributed by atoms with Crippen LogP contribution in [0.15, 0.2) is 43.1 Å². The fourth-order valence-electron chi connectivity index (χ4n) is 3.02. The number of hydrogen-bond donors (Lipinski definition) is 3. The van der Waals surface area contributed by atoms with E-state index in [0.29, 0.717) is 41.2 Å². The summed E-state index contributed by atoms with van der Waals surface area (Å²) in [4.78, 5) is 24.2. The van der Waals surface area contributed by atoms with Gasteiger partial charge in [0.1, 0.15) is 11.6 Å². The van der Waals surface area contributed by atoms with Gasteiger partial charge in [0, 0.05) is 48.4 Å². The number of nitrogen functional groups attached to an aromatic ring is 1. The van der Waals surface area contributed by atoms with Crippen LogP contribution in [-0.4, -0.2) is 43.6 Å². The lowest BCUT2D eigenvalue weighted by Crippen LogP contribution is -2.11. The summed E-state index contributed by atoms with van der Waals surface area (Å²) in [5, 5.41) is 3.26. The van der Waals surface area contributed by atoms with Crippen molar-refractivity contribution in [3.8, 4) is 28.4 Å². The average molecular weight is 441 g/mol. The molecule has 0 aliphatic carbocycles. The zero-order valence-corrected chi connectivity index (χ0v) is 17.2. The molecule has 0 bridgehead atoms. The number of H-pyrrole nitrogens is 1. The molecule has 0 saturated carbocycles.